The number of β-lactam (4-membered cyclic amide) rings is 1. The van der Waals surface area contributed by atoms with E-state index in [1.165, 1.54) is 16.7 Å². The van der Waals surface area contributed by atoms with E-state index in [4.69, 9.17) is 29.4 Å². The second-order valence-corrected chi connectivity index (χ2v) is 20.7. The lowest BCUT2D eigenvalue weighted by Crippen LogP contribution is -2.47. The first-order valence-corrected chi connectivity index (χ1v) is 27.2. The maximum Gasteiger partial charge on any atom is 0.253 e. The largest absolute Gasteiger partial charge is 0.379 e. The van der Waals surface area contributed by atoms with Gasteiger partial charge in [-0.3, -0.25) is 67.3 Å². The van der Waals surface area contributed by atoms with Crippen LogP contribution in [0.4, 0.5) is 5.69 Å². The van der Waals surface area contributed by atoms with Gasteiger partial charge in [0.25, 0.3) is 5.91 Å². The number of likely N-dealkylation sites (N-methyl/N-ethyl adjacent to an activating group) is 1. The van der Waals surface area contributed by atoms with Crippen molar-refractivity contribution >= 4 is 110 Å². The van der Waals surface area contributed by atoms with Crippen LogP contribution in [0.1, 0.15) is 64.4 Å². The van der Waals surface area contributed by atoms with E-state index in [0.717, 1.165) is 32.1 Å². The van der Waals surface area contributed by atoms with Crippen molar-refractivity contribution in [3.8, 4) is 0 Å². The zero-order chi connectivity index (χ0) is 54.3. The zero-order valence-corrected chi connectivity index (χ0v) is 44.1. The molecule has 0 spiro atoms. The third-order valence-electron chi connectivity index (χ3n) is 10.9. The van der Waals surface area contributed by atoms with Gasteiger partial charge in [-0.2, -0.15) is 0 Å². The highest BCUT2D eigenvalue weighted by molar-refractivity contribution is 8.94. The molecule has 6 N–H and O–H groups in total. The molecule has 0 saturated carbocycles. The molecule has 3 aliphatic rings. The fraction of sp³-hybridized carbons (Fsp3) is 0.617. The predicted octanol–water partition coefficient (Wildman–Crippen LogP) is -0.275. The maximum atomic E-state index is 12.7. The third-order valence-corrected chi connectivity index (χ3v) is 14.9. The number of nitrogens with zero attached hydrogens (tertiary/aromatic N) is 2. The van der Waals surface area contributed by atoms with Crippen molar-refractivity contribution in [3.05, 3.63) is 29.8 Å². The van der Waals surface area contributed by atoms with Crippen molar-refractivity contribution < 1.29 is 81.2 Å². The molecule has 4 rings (SSSR count). The Balaban J connectivity index is 0.000000465. The van der Waals surface area contributed by atoms with Gasteiger partial charge in [-0.1, -0.05) is 40.6 Å². The van der Waals surface area contributed by atoms with E-state index in [9.17, 15) is 57.5 Å². The molecule has 0 aliphatic carbocycles. The van der Waals surface area contributed by atoms with Crippen LogP contribution in [0.5, 0.6) is 0 Å². The summed E-state index contributed by atoms with van der Waals surface area (Å²) in [6.07, 6.45) is 1.96. The minimum Gasteiger partial charge on any atom is -0.379 e. The molecule has 0 aromatic heterocycles. The van der Waals surface area contributed by atoms with Gasteiger partial charge >= 0.3 is 0 Å². The van der Waals surface area contributed by atoms with E-state index >= 15 is 0 Å². The molecule has 0 bridgehead atoms. The summed E-state index contributed by atoms with van der Waals surface area (Å²) in [6, 6.07) is 7.10. The Hall–Kier alpha value is -5.29. The van der Waals surface area contributed by atoms with Gasteiger partial charge in [0.15, 0.2) is 11.6 Å². The normalized spacial score (nSPS) is 15.8. The van der Waals surface area contributed by atoms with Crippen LogP contribution < -0.4 is 27.0 Å². The molecule has 1 aromatic rings. The van der Waals surface area contributed by atoms with Gasteiger partial charge in [-0.25, -0.2) is 0 Å². The van der Waals surface area contributed by atoms with Crippen molar-refractivity contribution in [1.29, 1.82) is 0 Å². The lowest BCUT2D eigenvalue weighted by molar-refractivity contribution is -0.152. The smallest absolute Gasteiger partial charge is 0.253 e. The Morgan fingerprint density at radius 3 is 2.01 bits per heavy atom. The second kappa shape index (κ2) is 35.1. The number of rotatable bonds is 39. The molecule has 27 heteroatoms. The van der Waals surface area contributed by atoms with Crippen molar-refractivity contribution in [2.24, 2.45) is 11.7 Å². The summed E-state index contributed by atoms with van der Waals surface area (Å²) in [5, 5.41) is 9.58. The first kappa shape index (κ1) is 63.0. The van der Waals surface area contributed by atoms with E-state index < -0.39 is 21.2 Å². The van der Waals surface area contributed by atoms with Crippen LogP contribution in [0.2, 0.25) is 0 Å². The molecular formula is C47H67N7O17S3. The highest BCUT2D eigenvalue weighted by atomic mass is 33.2. The second-order valence-electron chi connectivity index (χ2n) is 16.6. The average molecular weight is 1100 g/mol. The summed E-state index contributed by atoms with van der Waals surface area (Å²) in [4.78, 5) is 143. The summed E-state index contributed by atoms with van der Waals surface area (Å²) in [5.74, 6) is -3.40. The number of amides is 9. The van der Waals surface area contributed by atoms with Gasteiger partial charge in [0.1, 0.15) is 19.0 Å². The van der Waals surface area contributed by atoms with Gasteiger partial charge in [0.05, 0.1) is 64.6 Å². The van der Waals surface area contributed by atoms with Gasteiger partial charge in [-0.05, 0) is 31.0 Å². The van der Waals surface area contributed by atoms with E-state index in [2.05, 4.69) is 21.3 Å². The summed E-state index contributed by atoms with van der Waals surface area (Å²) in [5.41, 5.74) is 6.78. The van der Waals surface area contributed by atoms with Crippen LogP contribution in [0.25, 0.3) is 0 Å². The van der Waals surface area contributed by atoms with Crippen molar-refractivity contribution in [1.82, 2.24) is 25.8 Å². The van der Waals surface area contributed by atoms with Gasteiger partial charge in [0, 0.05) is 88.5 Å². The lowest BCUT2D eigenvalue weighted by Gasteiger charge is -2.28. The molecule has 1 unspecified atom stereocenters. The van der Waals surface area contributed by atoms with Gasteiger partial charge in [0.2, 0.25) is 51.8 Å². The number of hydrogen-bond acceptors (Lipinski definition) is 20. The van der Waals surface area contributed by atoms with Crippen molar-refractivity contribution in [2.45, 2.75) is 74.5 Å². The molecule has 9 amide bonds. The number of anilines is 1. The number of carbonyl (C=O) groups is 12. The van der Waals surface area contributed by atoms with E-state index in [1.54, 1.807) is 26.0 Å². The third kappa shape index (κ3) is 23.9. The number of likely N-dealkylation sites (tertiary alicyclic amines) is 2. The minimum atomic E-state index is -1.13. The topological polar surface area (TPSA) is 332 Å². The molecule has 0 radical (unpaired) electrons. The number of hydrogen-bond donors (Lipinski definition) is 5. The lowest BCUT2D eigenvalue weighted by atomic mass is 9.99. The fourth-order valence-corrected chi connectivity index (χ4v) is 9.72. The maximum absolute atomic E-state index is 12.7. The first-order chi connectivity index (χ1) is 35.5. The number of nitrogens with two attached hydrogens (primary N) is 1. The number of ether oxygens (including phenoxy) is 5. The Bertz CT molecular complexity index is 2100. The number of ketones is 3. The summed E-state index contributed by atoms with van der Waals surface area (Å²) < 4.78 is 25.4. The van der Waals surface area contributed by atoms with E-state index in [1.807, 2.05) is 12.1 Å². The summed E-state index contributed by atoms with van der Waals surface area (Å²) >= 11 is 1.21. The van der Waals surface area contributed by atoms with E-state index in [-0.39, 0.29) is 143 Å². The predicted molar refractivity (Wildman–Crippen MR) is 272 cm³/mol. The molecule has 2 atom stereocenters. The van der Waals surface area contributed by atoms with Crippen LogP contribution in [-0.2, 0) is 87.6 Å². The standard InChI is InChI=1S/C29H44N4O12S3.C18H23N3O5/c1-20(22(36)18-31-19-34)16-21(35)4-15-46-23-17-26(39)33(27(23)40)6-2-25(38)32-5-8-43-10-12-45-14-13-44-11-9-42-7-3-24(37)29(28(30)41)47-48-29;1-2-19-15(22)11-26-12-16(23)20-14-6-3-13(4-7-14)5-8-17(24)21-10-9-18(21)25/h19-20,23H,2-18H2,1H3,(H2,30,41)(H,31,34)(H,32,38);3-4,6-7H,2,5,8-12H2,1H3,(H,19,22)(H,20,23)/t20-,23?;/m0./s1. The average Bonchev–Trinajstić information content (AvgIpc) is 4.14. The summed E-state index contributed by atoms with van der Waals surface area (Å²) in [6.45, 7) is 6.59. The molecule has 3 heterocycles. The Morgan fingerprint density at radius 1 is 0.797 bits per heavy atom. The molecule has 24 nitrogen and oxygen atoms in total. The number of aryl methyl sites for hydroxylation is 1. The van der Waals surface area contributed by atoms with Gasteiger partial charge in [-0.15, -0.1) is 11.8 Å². The first-order valence-electron chi connectivity index (χ1n) is 24.0. The van der Waals surface area contributed by atoms with Crippen LogP contribution in [0.15, 0.2) is 24.3 Å². The van der Waals surface area contributed by atoms with Crippen molar-refractivity contribution in [3.63, 3.8) is 0 Å². The number of thioether (sulfide) groups is 1. The highest BCUT2D eigenvalue weighted by Crippen LogP contribution is 2.65. The molecular weight excluding hydrogens is 1030 g/mol. The molecule has 3 fully saturated rings. The van der Waals surface area contributed by atoms with Gasteiger partial charge < -0.3 is 50.7 Å². The SMILES string of the molecule is CCNC(=O)COCC(=O)Nc1ccc(CCC(=O)N2CCC2=O)cc1.C[C@@H](CC(=O)CCSC1CC(=O)N(CCC(=O)NCCOCCOCCOCCOCCC(=O)C2(C(N)=O)SS2)C1=O)C(=O)CNC=O. The molecule has 1 aromatic carbocycles. The van der Waals surface area contributed by atoms with Crippen molar-refractivity contribution in [2.75, 3.05) is 110 Å². The Labute approximate surface area is 441 Å². The van der Waals surface area contributed by atoms with Crippen LogP contribution in [-0.4, -0.2) is 195 Å². The van der Waals surface area contributed by atoms with Crippen LogP contribution >= 0.6 is 33.3 Å². The molecule has 410 valence electrons. The highest BCUT2D eigenvalue weighted by Gasteiger charge is 2.58. The molecule has 3 saturated heterocycles. The number of nitrogens with one attached hydrogen (secondary N) is 4. The van der Waals surface area contributed by atoms with E-state index in [0.29, 0.717) is 83.4 Å². The number of benzene rings is 1. The number of primary amides is 1. The summed E-state index contributed by atoms with van der Waals surface area (Å²) in [7, 11) is 2.33. The molecule has 74 heavy (non-hydrogen) atoms. The number of carbonyl (C=O) groups excluding carboxylic acids is 12. The molecule has 3 aliphatic heterocycles. The fourth-order valence-electron chi connectivity index (χ4n) is 6.62. The minimum absolute atomic E-state index is 0.00526. The zero-order valence-electron chi connectivity index (χ0n) is 41.6. The number of imide groups is 2. The van der Waals surface area contributed by atoms with Crippen LogP contribution in [0.3, 0.4) is 0 Å². The Kier molecular flexibility index (Phi) is 29.8. The quantitative estimate of drug-likeness (QED) is 0.0108. The monoisotopic (exact) mass is 1100 g/mol. The van der Waals surface area contributed by atoms with Crippen LogP contribution in [0, 0.1) is 5.92 Å². The number of Topliss-reactive ketones (excluding diaryl/α,β-unsaturated/α-hetero) is 3. The Morgan fingerprint density at radius 2 is 1.43 bits per heavy atom.